The van der Waals surface area contributed by atoms with Gasteiger partial charge >= 0.3 is 6.01 Å². The number of aromatic hydroxyl groups is 1. The number of anilines is 1. The number of halogens is 3. The van der Waals surface area contributed by atoms with Crippen molar-refractivity contribution < 1.29 is 32.9 Å². The molecule has 12 heteroatoms. The van der Waals surface area contributed by atoms with E-state index in [1.54, 1.807) is 0 Å². The summed E-state index contributed by atoms with van der Waals surface area (Å²) in [6, 6.07) is 4.76. The van der Waals surface area contributed by atoms with Crippen LogP contribution in [0.4, 0.5) is 19.0 Å². The first-order chi connectivity index (χ1) is 21.2. The average molecular weight is 606 g/mol. The molecule has 0 unspecified atom stereocenters. The summed E-state index contributed by atoms with van der Waals surface area (Å²) in [6.07, 6.45) is 7.32. The summed E-state index contributed by atoms with van der Waals surface area (Å²) >= 11 is 0. The number of aliphatic hydroxyl groups is 1. The van der Waals surface area contributed by atoms with Gasteiger partial charge in [-0.3, -0.25) is 4.90 Å². The molecule has 3 aliphatic rings. The Labute approximate surface area is 251 Å². The highest BCUT2D eigenvalue weighted by molar-refractivity contribution is 6.04. The molecular weight excluding hydrogens is 575 g/mol. The van der Waals surface area contributed by atoms with Crippen LogP contribution in [0.15, 0.2) is 24.3 Å². The van der Waals surface area contributed by atoms with E-state index in [4.69, 9.17) is 15.9 Å². The van der Waals surface area contributed by atoms with Crippen molar-refractivity contribution >= 4 is 27.5 Å². The van der Waals surface area contributed by atoms with Gasteiger partial charge in [-0.2, -0.15) is 9.97 Å². The van der Waals surface area contributed by atoms with Crippen LogP contribution < -0.4 is 14.8 Å². The fraction of sp³-hybridized carbons (Fsp3) is 0.406. The number of nitrogens with zero attached hydrogens (tertiary/aromatic N) is 4. The van der Waals surface area contributed by atoms with Gasteiger partial charge in [0.05, 0.1) is 30.4 Å². The van der Waals surface area contributed by atoms with Gasteiger partial charge in [0.2, 0.25) is 5.88 Å². The second kappa shape index (κ2) is 10.7. The number of terminal acetylenes is 1. The van der Waals surface area contributed by atoms with Crippen molar-refractivity contribution in [3.05, 3.63) is 41.5 Å². The van der Waals surface area contributed by atoms with Crippen molar-refractivity contribution in [3.63, 3.8) is 0 Å². The number of benzene rings is 2. The second-order valence-corrected chi connectivity index (χ2v) is 11.8. The Hall–Kier alpha value is -4.34. The topological polar surface area (TPSA) is 113 Å². The Morgan fingerprint density at radius 3 is 2.75 bits per heavy atom. The molecule has 2 aromatic carbocycles. The number of ether oxygens (including phenoxy) is 2. The molecule has 44 heavy (non-hydrogen) atoms. The van der Waals surface area contributed by atoms with Crippen molar-refractivity contribution in [2.45, 2.75) is 56.0 Å². The van der Waals surface area contributed by atoms with Gasteiger partial charge in [0.1, 0.15) is 46.8 Å². The molecule has 2 aliphatic heterocycles. The van der Waals surface area contributed by atoms with Crippen molar-refractivity contribution in [1.82, 2.24) is 19.9 Å². The molecule has 3 N–H and O–H groups in total. The second-order valence-electron chi connectivity index (χ2n) is 11.8. The van der Waals surface area contributed by atoms with Gasteiger partial charge in [0.25, 0.3) is 0 Å². The summed E-state index contributed by atoms with van der Waals surface area (Å²) in [5.41, 5.74) is -1.07. The highest BCUT2D eigenvalue weighted by atomic mass is 19.1. The van der Waals surface area contributed by atoms with Crippen LogP contribution in [0.2, 0.25) is 0 Å². The quantitative estimate of drug-likeness (QED) is 0.258. The summed E-state index contributed by atoms with van der Waals surface area (Å²) in [5.74, 6) is 0.619. The highest BCUT2D eigenvalue weighted by Crippen LogP contribution is 2.43. The number of hydrogen-bond acceptors (Lipinski definition) is 9. The molecule has 0 spiro atoms. The fourth-order valence-corrected chi connectivity index (χ4v) is 6.84. The van der Waals surface area contributed by atoms with Crippen LogP contribution in [0.3, 0.4) is 0 Å². The standard InChI is InChI=1S/C32H30F3N5O4/c1-3-19-21(34)6-5-16-11-18(41)12-20(24(16)19)27-26(35)28-25(30(37-27)43-2)29(36-22-7-8-23(22)42)39-31(38-28)44-15-32-9-4-10-40(32)14-17(33)13-32/h1,5-6,11-12,17,22-23,41-42H,4,7-10,13-15H2,2H3,(H,36,38,39)/t17-,22-,23-,32+/m1/s1. The number of rotatable bonds is 7. The van der Waals surface area contributed by atoms with Gasteiger partial charge in [-0.15, -0.1) is 6.42 Å². The third-order valence-corrected chi connectivity index (χ3v) is 9.17. The minimum Gasteiger partial charge on any atom is -0.508 e. The number of methoxy groups -OCH3 is 1. The maximum absolute atomic E-state index is 16.7. The average Bonchev–Trinajstić information content (AvgIpc) is 3.53. The van der Waals surface area contributed by atoms with Crippen LogP contribution in [-0.2, 0) is 0 Å². The first kappa shape index (κ1) is 28.4. The molecule has 1 saturated carbocycles. The number of aliphatic hydroxyl groups excluding tert-OH is 1. The number of hydrogen-bond donors (Lipinski definition) is 3. The molecule has 9 nitrogen and oxygen atoms in total. The molecule has 4 atom stereocenters. The third-order valence-electron chi connectivity index (χ3n) is 9.17. The minimum absolute atomic E-state index is 0.0376. The van der Waals surface area contributed by atoms with Gasteiger partial charge in [-0.1, -0.05) is 12.0 Å². The Balaban J connectivity index is 1.41. The molecule has 4 aromatic rings. The van der Waals surface area contributed by atoms with Gasteiger partial charge in [-0.25, -0.2) is 18.2 Å². The molecule has 3 fully saturated rings. The number of nitrogens with one attached hydrogen (secondary N) is 1. The van der Waals surface area contributed by atoms with Crippen LogP contribution in [0.25, 0.3) is 32.9 Å². The monoisotopic (exact) mass is 605 g/mol. The first-order valence-electron chi connectivity index (χ1n) is 14.6. The van der Waals surface area contributed by atoms with Crippen LogP contribution >= 0.6 is 0 Å². The van der Waals surface area contributed by atoms with E-state index >= 15 is 4.39 Å². The lowest BCUT2D eigenvalue weighted by Crippen LogP contribution is -2.44. The number of phenols is 1. The molecule has 0 amide bonds. The van der Waals surface area contributed by atoms with E-state index in [9.17, 15) is 19.0 Å². The van der Waals surface area contributed by atoms with Gasteiger partial charge < -0.3 is 25.0 Å². The first-order valence-corrected chi connectivity index (χ1v) is 14.6. The van der Waals surface area contributed by atoms with Gasteiger partial charge in [-0.05, 0) is 55.8 Å². The SMILES string of the molecule is C#Cc1c(F)ccc2cc(O)cc(-c3nc(OC)c4c(N[C@@H]5CC[C@H]5O)nc(OC[C@@]56CCCN5C[C@H](F)C6)nc4c3F)c12. The summed E-state index contributed by atoms with van der Waals surface area (Å²) in [4.78, 5) is 15.5. The Morgan fingerprint density at radius 1 is 1.18 bits per heavy atom. The van der Waals surface area contributed by atoms with Gasteiger partial charge in [0.15, 0.2) is 5.82 Å². The number of fused-ring (bicyclic) bond motifs is 3. The maximum atomic E-state index is 16.7. The van der Waals surface area contributed by atoms with E-state index in [-0.39, 0.29) is 69.2 Å². The number of alkyl halides is 1. The molecule has 0 bridgehead atoms. The van der Waals surface area contributed by atoms with E-state index in [1.807, 2.05) is 0 Å². The molecule has 2 saturated heterocycles. The van der Waals surface area contributed by atoms with E-state index in [0.29, 0.717) is 31.2 Å². The van der Waals surface area contributed by atoms with Crippen LogP contribution in [0, 0.1) is 24.0 Å². The molecule has 228 valence electrons. The zero-order valence-corrected chi connectivity index (χ0v) is 23.9. The number of aromatic nitrogens is 3. The van der Waals surface area contributed by atoms with E-state index in [2.05, 4.69) is 31.1 Å². The molecule has 2 aromatic heterocycles. The zero-order valence-electron chi connectivity index (χ0n) is 23.9. The summed E-state index contributed by atoms with van der Waals surface area (Å²) in [7, 11) is 1.35. The molecule has 4 heterocycles. The Kier molecular flexibility index (Phi) is 6.90. The maximum Gasteiger partial charge on any atom is 0.319 e. The summed E-state index contributed by atoms with van der Waals surface area (Å²) in [6.45, 7) is 1.23. The number of phenolic OH excluding ortho intramolecular Hbond substituents is 1. The van der Waals surface area contributed by atoms with Crippen molar-refractivity contribution in [2.24, 2.45) is 0 Å². The molecule has 7 rings (SSSR count). The zero-order chi connectivity index (χ0) is 30.7. The largest absolute Gasteiger partial charge is 0.508 e. The lowest BCUT2D eigenvalue weighted by molar-refractivity contribution is 0.0783. The smallest absolute Gasteiger partial charge is 0.319 e. The predicted octanol–water partition coefficient (Wildman–Crippen LogP) is 4.71. The van der Waals surface area contributed by atoms with Crippen molar-refractivity contribution in [1.29, 1.82) is 0 Å². The molecular formula is C32H30F3N5O4. The van der Waals surface area contributed by atoms with Gasteiger partial charge in [0, 0.05) is 23.9 Å². The molecule has 0 radical (unpaired) electrons. The third kappa shape index (κ3) is 4.53. The lowest BCUT2D eigenvalue weighted by atomic mass is 9.89. The van der Waals surface area contributed by atoms with Crippen molar-refractivity contribution in [3.8, 4) is 41.2 Å². The Morgan fingerprint density at radius 2 is 2.02 bits per heavy atom. The minimum atomic E-state index is -0.959. The van der Waals surface area contributed by atoms with Crippen LogP contribution in [-0.4, -0.2) is 80.7 Å². The van der Waals surface area contributed by atoms with Crippen LogP contribution in [0.5, 0.6) is 17.6 Å². The highest BCUT2D eigenvalue weighted by Gasteiger charge is 2.49. The summed E-state index contributed by atoms with van der Waals surface area (Å²) < 4.78 is 57.6. The fourth-order valence-electron chi connectivity index (χ4n) is 6.84. The summed E-state index contributed by atoms with van der Waals surface area (Å²) in [5, 5.41) is 24.6. The Bertz CT molecular complexity index is 1850. The van der Waals surface area contributed by atoms with Crippen LogP contribution in [0.1, 0.15) is 37.7 Å². The van der Waals surface area contributed by atoms with E-state index < -0.39 is 29.4 Å². The molecule has 1 aliphatic carbocycles. The normalized spacial score (nSPS) is 24.7. The lowest BCUT2D eigenvalue weighted by Gasteiger charge is -2.34. The number of pyridine rings is 1. The van der Waals surface area contributed by atoms with E-state index in [0.717, 1.165) is 19.4 Å². The predicted molar refractivity (Wildman–Crippen MR) is 158 cm³/mol. The van der Waals surface area contributed by atoms with Crippen molar-refractivity contribution in [2.75, 3.05) is 32.1 Å². The van der Waals surface area contributed by atoms with E-state index in [1.165, 1.54) is 31.4 Å².